The van der Waals surface area contributed by atoms with E-state index >= 15 is 0 Å². The van der Waals surface area contributed by atoms with E-state index in [0.29, 0.717) is 23.0 Å². The van der Waals surface area contributed by atoms with Crippen molar-refractivity contribution in [2.45, 2.75) is 79.6 Å². The second kappa shape index (κ2) is 5.83. The van der Waals surface area contributed by atoms with Crippen molar-refractivity contribution in [1.82, 2.24) is 0 Å². The largest absolute Gasteiger partial charge is 0.300 e. The van der Waals surface area contributed by atoms with Crippen LogP contribution in [0.3, 0.4) is 0 Å². The van der Waals surface area contributed by atoms with E-state index in [4.69, 9.17) is 0 Å². The highest BCUT2D eigenvalue weighted by Crippen LogP contribution is 2.68. The van der Waals surface area contributed by atoms with Crippen molar-refractivity contribution in [2.24, 2.45) is 46.3 Å². The van der Waals surface area contributed by atoms with Crippen LogP contribution in [-0.4, -0.2) is 5.78 Å². The highest BCUT2D eigenvalue weighted by molar-refractivity contribution is 5.80. The second-order valence-electron chi connectivity index (χ2n) is 11.4. The Morgan fingerprint density at radius 2 is 1.85 bits per heavy atom. The number of fused-ring (bicyclic) bond motifs is 5. The van der Waals surface area contributed by atoms with Crippen LogP contribution in [0.15, 0.2) is 22.8 Å². The van der Waals surface area contributed by atoms with E-state index in [1.54, 1.807) is 11.1 Å². The Labute approximate surface area is 166 Å². The van der Waals surface area contributed by atoms with E-state index in [9.17, 15) is 4.79 Å². The van der Waals surface area contributed by atoms with Gasteiger partial charge in [-0.2, -0.15) is 0 Å². The van der Waals surface area contributed by atoms with Gasteiger partial charge in [-0.15, -0.1) is 0 Å². The predicted molar refractivity (Wildman–Crippen MR) is 111 cm³/mol. The standard InChI is InChI=1S/C26H37O/c1-15-12-20-21(25(4)10-8-19(14-22(15)25)18-6-7-18)9-11-26(5)23(20)13-16(2)24(26)17(3)27/h6-7,16,19-21,23-24H,8-14H2,1-5H3/t16-,19+,20?,21?,23?,24-,25-,26+/m1/s1. The van der Waals surface area contributed by atoms with Crippen molar-refractivity contribution in [1.29, 1.82) is 0 Å². The van der Waals surface area contributed by atoms with E-state index < -0.39 is 0 Å². The van der Waals surface area contributed by atoms with Crippen LogP contribution in [0.4, 0.5) is 0 Å². The van der Waals surface area contributed by atoms with Gasteiger partial charge < -0.3 is 0 Å². The summed E-state index contributed by atoms with van der Waals surface area (Å²) in [7, 11) is 0. The summed E-state index contributed by atoms with van der Waals surface area (Å²) in [5.74, 6) is 4.55. The van der Waals surface area contributed by atoms with Crippen LogP contribution < -0.4 is 0 Å². The van der Waals surface area contributed by atoms with Crippen molar-refractivity contribution in [3.05, 3.63) is 29.2 Å². The van der Waals surface area contributed by atoms with E-state index in [2.05, 4.69) is 40.2 Å². The average Bonchev–Trinajstić information content (AvgIpc) is 3.38. The molecule has 0 aromatic carbocycles. The molecule has 0 amide bonds. The summed E-state index contributed by atoms with van der Waals surface area (Å²) >= 11 is 0. The van der Waals surface area contributed by atoms with Gasteiger partial charge in [-0.05, 0) is 99.2 Å². The van der Waals surface area contributed by atoms with Crippen molar-refractivity contribution >= 4 is 5.78 Å². The normalized spacial score (nSPS) is 51.2. The van der Waals surface area contributed by atoms with Gasteiger partial charge in [-0.1, -0.05) is 43.6 Å². The summed E-state index contributed by atoms with van der Waals surface area (Å²) in [4.78, 5) is 12.5. The van der Waals surface area contributed by atoms with Gasteiger partial charge in [0, 0.05) is 12.3 Å². The number of hydrogen-bond acceptors (Lipinski definition) is 1. The lowest BCUT2D eigenvalue weighted by Gasteiger charge is -2.59. The van der Waals surface area contributed by atoms with Crippen LogP contribution in [0.2, 0.25) is 0 Å². The molecular weight excluding hydrogens is 328 g/mol. The molecule has 5 aliphatic rings. The Morgan fingerprint density at radius 1 is 1.11 bits per heavy atom. The first kappa shape index (κ1) is 18.2. The van der Waals surface area contributed by atoms with Gasteiger partial charge in [0.1, 0.15) is 5.78 Å². The molecule has 1 heteroatoms. The number of carbonyl (C=O) groups is 1. The quantitative estimate of drug-likeness (QED) is 0.507. The fourth-order valence-electron chi connectivity index (χ4n) is 8.95. The van der Waals surface area contributed by atoms with Crippen LogP contribution in [0.5, 0.6) is 0 Å². The Balaban J connectivity index is 1.50. The number of Topliss-reactive ketones (excluding diaryl/α,β-unsaturated/α-hetero) is 1. The molecule has 0 aliphatic heterocycles. The summed E-state index contributed by atoms with van der Waals surface area (Å²) in [5.41, 5.74) is 5.86. The van der Waals surface area contributed by atoms with E-state index in [0.717, 1.165) is 23.7 Å². The van der Waals surface area contributed by atoms with E-state index in [1.165, 1.54) is 44.9 Å². The minimum absolute atomic E-state index is 0.256. The monoisotopic (exact) mass is 365 g/mol. The maximum atomic E-state index is 12.5. The van der Waals surface area contributed by atoms with Gasteiger partial charge in [0.05, 0.1) is 0 Å². The zero-order valence-corrected chi connectivity index (χ0v) is 18.0. The fourth-order valence-corrected chi connectivity index (χ4v) is 8.95. The number of rotatable bonds is 2. The highest BCUT2D eigenvalue weighted by Gasteiger charge is 2.61. The Morgan fingerprint density at radius 3 is 2.52 bits per heavy atom. The molecule has 27 heavy (non-hydrogen) atoms. The molecule has 0 bridgehead atoms. The first-order chi connectivity index (χ1) is 12.8. The molecule has 0 saturated heterocycles. The minimum Gasteiger partial charge on any atom is -0.300 e. The van der Waals surface area contributed by atoms with Crippen molar-refractivity contribution in [3.63, 3.8) is 0 Å². The van der Waals surface area contributed by atoms with E-state index in [1.807, 2.05) is 12.5 Å². The van der Waals surface area contributed by atoms with E-state index in [-0.39, 0.29) is 5.41 Å². The molecule has 0 heterocycles. The van der Waals surface area contributed by atoms with Crippen molar-refractivity contribution < 1.29 is 4.79 Å². The van der Waals surface area contributed by atoms with Crippen LogP contribution >= 0.6 is 0 Å². The minimum atomic E-state index is 0.256. The Kier molecular flexibility index (Phi) is 3.93. The number of hydrogen-bond donors (Lipinski definition) is 0. The zero-order chi connectivity index (χ0) is 19.1. The van der Waals surface area contributed by atoms with Crippen LogP contribution in [-0.2, 0) is 4.79 Å². The maximum Gasteiger partial charge on any atom is 0.133 e. The summed E-state index contributed by atoms with van der Waals surface area (Å²) < 4.78 is 0. The molecule has 8 atom stereocenters. The predicted octanol–water partition coefficient (Wildman–Crippen LogP) is 6.55. The Bertz CT molecular complexity index is 741. The third kappa shape index (κ3) is 2.45. The topological polar surface area (TPSA) is 17.1 Å². The van der Waals surface area contributed by atoms with Crippen molar-refractivity contribution in [2.75, 3.05) is 0 Å². The number of allylic oxidation sites excluding steroid dienone is 4. The third-order valence-corrected chi connectivity index (χ3v) is 10.1. The molecule has 1 nitrogen and oxygen atoms in total. The molecule has 3 unspecified atom stereocenters. The first-order valence-corrected chi connectivity index (χ1v) is 11.5. The molecule has 5 rings (SSSR count). The molecule has 0 aromatic rings. The van der Waals surface area contributed by atoms with Gasteiger partial charge in [-0.3, -0.25) is 4.79 Å². The lowest BCUT2D eigenvalue weighted by molar-refractivity contribution is -0.128. The smallest absolute Gasteiger partial charge is 0.133 e. The van der Waals surface area contributed by atoms with Crippen LogP contribution in [0, 0.1) is 52.8 Å². The molecule has 3 fully saturated rings. The fraction of sp³-hybridized carbons (Fsp3) is 0.769. The van der Waals surface area contributed by atoms with Crippen LogP contribution in [0.25, 0.3) is 0 Å². The van der Waals surface area contributed by atoms with Gasteiger partial charge in [-0.25, -0.2) is 0 Å². The summed E-state index contributed by atoms with van der Waals surface area (Å²) in [5, 5.41) is 0. The second-order valence-corrected chi connectivity index (χ2v) is 11.4. The van der Waals surface area contributed by atoms with Gasteiger partial charge in [0.25, 0.3) is 0 Å². The third-order valence-electron chi connectivity index (χ3n) is 10.1. The maximum absolute atomic E-state index is 12.5. The number of carbonyl (C=O) groups excluding carboxylic acids is 1. The molecule has 147 valence electrons. The lowest BCUT2D eigenvalue weighted by atomic mass is 9.46. The average molecular weight is 366 g/mol. The first-order valence-electron chi connectivity index (χ1n) is 11.5. The molecule has 5 aliphatic carbocycles. The summed E-state index contributed by atoms with van der Waals surface area (Å²) in [6.45, 7) is 11.8. The van der Waals surface area contributed by atoms with Gasteiger partial charge >= 0.3 is 0 Å². The highest BCUT2D eigenvalue weighted by atomic mass is 16.1. The van der Waals surface area contributed by atoms with Crippen LogP contribution in [0.1, 0.15) is 79.6 Å². The Hall–Kier alpha value is -0.850. The number of ketones is 1. The summed E-state index contributed by atoms with van der Waals surface area (Å²) in [6.07, 6.45) is 14.0. The van der Waals surface area contributed by atoms with Gasteiger partial charge in [0.15, 0.2) is 0 Å². The zero-order valence-electron chi connectivity index (χ0n) is 18.0. The molecule has 0 spiro atoms. The SMILES string of the molecule is CC(=O)[C@H]1[C@H](C)CC2C3CC(C)=C4C[C@@H](C5=C[CH]5)CC[C@]4(C)C3CC[C@@]21C. The lowest BCUT2D eigenvalue weighted by Crippen LogP contribution is -2.51. The van der Waals surface area contributed by atoms with Gasteiger partial charge in [0.2, 0.25) is 0 Å². The molecule has 0 N–H and O–H groups in total. The molecular formula is C26H37O. The summed E-state index contributed by atoms with van der Waals surface area (Å²) in [6, 6.07) is 0. The molecule has 3 saturated carbocycles. The molecule has 1 radical (unpaired) electrons. The van der Waals surface area contributed by atoms with Crippen molar-refractivity contribution in [3.8, 4) is 0 Å². The molecule has 0 aromatic heterocycles.